The second kappa shape index (κ2) is 12.7. The highest BCUT2D eigenvalue weighted by molar-refractivity contribution is 5.94. The lowest BCUT2D eigenvalue weighted by molar-refractivity contribution is -0.138. The highest BCUT2D eigenvalue weighted by Gasteiger charge is 2.30. The van der Waals surface area contributed by atoms with Gasteiger partial charge in [0.1, 0.15) is 24.4 Å². The Labute approximate surface area is 219 Å². The highest BCUT2D eigenvalue weighted by Crippen LogP contribution is 2.19. The fourth-order valence-electron chi connectivity index (χ4n) is 3.94. The third kappa shape index (κ3) is 7.56. The molecule has 3 rings (SSSR count). The van der Waals surface area contributed by atoms with E-state index in [0.717, 1.165) is 16.5 Å². The molecule has 0 aliphatic heterocycles. The van der Waals surface area contributed by atoms with E-state index in [0.29, 0.717) is 5.56 Å². The van der Waals surface area contributed by atoms with Crippen LogP contribution in [-0.2, 0) is 32.0 Å². The fourth-order valence-corrected chi connectivity index (χ4v) is 3.94. The number of fused-ring (bicyclic) bond motifs is 1. The number of H-pyrrole nitrogens is 1. The second-order valence-electron chi connectivity index (χ2n) is 9.44. The number of carbonyl (C=O) groups is 4. The molecule has 1 aromatic heterocycles. The number of aromatic nitrogens is 1. The van der Waals surface area contributed by atoms with E-state index in [-0.39, 0.29) is 24.5 Å². The van der Waals surface area contributed by atoms with Gasteiger partial charge in [-0.05, 0) is 35.2 Å². The third-order valence-corrected chi connectivity index (χ3v) is 6.18. The van der Waals surface area contributed by atoms with Crippen molar-refractivity contribution in [3.63, 3.8) is 0 Å². The van der Waals surface area contributed by atoms with Crippen LogP contribution in [0.5, 0.6) is 5.75 Å². The molecule has 3 amide bonds. The summed E-state index contributed by atoms with van der Waals surface area (Å²) >= 11 is 0. The molecular weight excluding hydrogens is 490 g/mol. The molecular formula is C27H33N5O6. The molecule has 0 saturated carbocycles. The molecule has 0 fully saturated rings. The molecule has 0 spiro atoms. The van der Waals surface area contributed by atoms with E-state index in [1.165, 1.54) is 12.1 Å². The SMILES string of the molecule is CC(C)C(N)C(=O)NC(Cc1ccc(O)cc1)C(=O)NC(Cc1c[nH]c2ccccc12)C(=O)NCC(=O)O. The Morgan fingerprint density at radius 1 is 0.895 bits per heavy atom. The smallest absolute Gasteiger partial charge is 0.322 e. The number of aromatic hydroxyl groups is 1. The van der Waals surface area contributed by atoms with Gasteiger partial charge in [-0.25, -0.2) is 0 Å². The number of carbonyl (C=O) groups excluding carboxylic acids is 3. The molecule has 0 radical (unpaired) electrons. The number of benzene rings is 2. The number of hydrogen-bond acceptors (Lipinski definition) is 6. The average Bonchev–Trinajstić information content (AvgIpc) is 3.29. The largest absolute Gasteiger partial charge is 0.508 e. The summed E-state index contributed by atoms with van der Waals surface area (Å²) in [5, 5.41) is 27.1. The number of aromatic amines is 1. The van der Waals surface area contributed by atoms with Crippen molar-refractivity contribution in [2.75, 3.05) is 6.54 Å². The first-order valence-corrected chi connectivity index (χ1v) is 12.2. The lowest BCUT2D eigenvalue weighted by Crippen LogP contribution is -2.57. The predicted octanol–water partition coefficient (Wildman–Crippen LogP) is 0.812. The van der Waals surface area contributed by atoms with Gasteiger partial charge in [0.05, 0.1) is 6.04 Å². The molecule has 3 aromatic rings. The summed E-state index contributed by atoms with van der Waals surface area (Å²) in [5.74, 6) is -3.20. The van der Waals surface area contributed by atoms with E-state index in [4.69, 9.17) is 10.8 Å². The van der Waals surface area contributed by atoms with Crippen molar-refractivity contribution in [1.82, 2.24) is 20.9 Å². The van der Waals surface area contributed by atoms with Crippen LogP contribution in [0.4, 0.5) is 0 Å². The summed E-state index contributed by atoms with van der Waals surface area (Å²) in [6.07, 6.45) is 1.87. The second-order valence-corrected chi connectivity index (χ2v) is 9.44. The van der Waals surface area contributed by atoms with Crippen LogP contribution in [0.1, 0.15) is 25.0 Å². The molecule has 11 heteroatoms. The van der Waals surface area contributed by atoms with Crippen LogP contribution in [0.25, 0.3) is 10.9 Å². The molecule has 2 aromatic carbocycles. The van der Waals surface area contributed by atoms with Gasteiger partial charge in [0, 0.05) is 29.9 Å². The molecule has 1 heterocycles. The van der Waals surface area contributed by atoms with E-state index in [1.54, 1.807) is 32.2 Å². The van der Waals surface area contributed by atoms with Crippen molar-refractivity contribution >= 4 is 34.6 Å². The summed E-state index contributed by atoms with van der Waals surface area (Å²) in [6.45, 7) is 2.95. The summed E-state index contributed by atoms with van der Waals surface area (Å²) in [5.41, 5.74) is 8.23. The van der Waals surface area contributed by atoms with Crippen LogP contribution in [0.2, 0.25) is 0 Å². The van der Waals surface area contributed by atoms with Gasteiger partial charge in [-0.1, -0.05) is 44.2 Å². The molecule has 3 unspecified atom stereocenters. The van der Waals surface area contributed by atoms with Crippen molar-refractivity contribution in [1.29, 1.82) is 0 Å². The van der Waals surface area contributed by atoms with Gasteiger partial charge in [-0.15, -0.1) is 0 Å². The number of aliphatic carboxylic acids is 1. The molecule has 0 saturated heterocycles. The number of nitrogens with one attached hydrogen (secondary N) is 4. The number of carboxylic acids is 1. The van der Waals surface area contributed by atoms with Crippen LogP contribution >= 0.6 is 0 Å². The summed E-state index contributed by atoms with van der Waals surface area (Å²) in [6, 6.07) is 10.5. The summed E-state index contributed by atoms with van der Waals surface area (Å²) in [7, 11) is 0. The first kappa shape index (κ1) is 28.2. The number of hydrogen-bond donors (Lipinski definition) is 7. The van der Waals surface area contributed by atoms with Gasteiger partial charge in [0.2, 0.25) is 17.7 Å². The lowest BCUT2D eigenvalue weighted by Gasteiger charge is -2.25. The van der Waals surface area contributed by atoms with Gasteiger partial charge >= 0.3 is 5.97 Å². The van der Waals surface area contributed by atoms with E-state index < -0.39 is 48.4 Å². The quantitative estimate of drug-likeness (QED) is 0.183. The molecule has 38 heavy (non-hydrogen) atoms. The maximum Gasteiger partial charge on any atom is 0.322 e. The molecule has 11 nitrogen and oxygen atoms in total. The number of phenolic OH excluding ortho intramolecular Hbond substituents is 1. The van der Waals surface area contributed by atoms with E-state index in [1.807, 2.05) is 24.3 Å². The Hall–Kier alpha value is -4.38. The number of nitrogens with two attached hydrogens (primary N) is 1. The van der Waals surface area contributed by atoms with Crippen molar-refractivity contribution in [2.24, 2.45) is 11.7 Å². The van der Waals surface area contributed by atoms with Crippen LogP contribution in [0, 0.1) is 5.92 Å². The molecule has 8 N–H and O–H groups in total. The number of amides is 3. The van der Waals surface area contributed by atoms with Gasteiger partial charge in [0.15, 0.2) is 0 Å². The summed E-state index contributed by atoms with van der Waals surface area (Å²) < 4.78 is 0. The topological polar surface area (TPSA) is 187 Å². The number of carboxylic acid groups (broad SMARTS) is 1. The highest BCUT2D eigenvalue weighted by atomic mass is 16.4. The Morgan fingerprint density at radius 2 is 1.53 bits per heavy atom. The van der Waals surface area contributed by atoms with E-state index in [9.17, 15) is 24.3 Å². The molecule has 202 valence electrons. The molecule has 3 atom stereocenters. The Morgan fingerprint density at radius 3 is 2.18 bits per heavy atom. The van der Waals surface area contributed by atoms with E-state index in [2.05, 4.69) is 20.9 Å². The zero-order chi connectivity index (χ0) is 27.8. The average molecular weight is 524 g/mol. The first-order valence-electron chi connectivity index (χ1n) is 12.2. The number of rotatable bonds is 12. The maximum atomic E-state index is 13.5. The van der Waals surface area contributed by atoms with Gasteiger partial charge in [-0.2, -0.15) is 0 Å². The number of para-hydroxylation sites is 1. The van der Waals surface area contributed by atoms with Crippen molar-refractivity contribution in [2.45, 2.75) is 44.8 Å². The standard InChI is InChI=1S/C27H33N5O6/c1-15(2)24(28)27(38)32-21(11-16-7-9-18(33)10-8-16)26(37)31-22(25(36)30-14-23(34)35)12-17-13-29-20-6-4-3-5-19(17)20/h3-10,13,15,21-22,24,29,33H,11-12,14,28H2,1-2H3,(H,30,36)(H,31,37)(H,32,38)(H,34,35). The number of phenols is 1. The van der Waals surface area contributed by atoms with Crippen LogP contribution < -0.4 is 21.7 Å². The van der Waals surface area contributed by atoms with E-state index >= 15 is 0 Å². The van der Waals surface area contributed by atoms with Crippen molar-refractivity contribution in [3.8, 4) is 5.75 Å². The minimum absolute atomic E-state index is 0.0505. The lowest BCUT2D eigenvalue weighted by atomic mass is 10.0. The maximum absolute atomic E-state index is 13.5. The van der Waals surface area contributed by atoms with Crippen LogP contribution in [0.15, 0.2) is 54.7 Å². The molecule has 0 bridgehead atoms. The Balaban J connectivity index is 1.86. The fraction of sp³-hybridized carbons (Fsp3) is 0.333. The minimum atomic E-state index is -1.23. The van der Waals surface area contributed by atoms with Gasteiger partial charge < -0.3 is 36.9 Å². The van der Waals surface area contributed by atoms with Gasteiger partial charge in [-0.3, -0.25) is 19.2 Å². The minimum Gasteiger partial charge on any atom is -0.508 e. The van der Waals surface area contributed by atoms with Crippen molar-refractivity contribution < 1.29 is 29.4 Å². The van der Waals surface area contributed by atoms with Crippen LogP contribution in [0.3, 0.4) is 0 Å². The predicted molar refractivity (Wildman–Crippen MR) is 141 cm³/mol. The van der Waals surface area contributed by atoms with Gasteiger partial charge in [0.25, 0.3) is 0 Å². The van der Waals surface area contributed by atoms with Crippen molar-refractivity contribution in [3.05, 3.63) is 65.9 Å². The Kier molecular flexibility index (Phi) is 9.44. The zero-order valence-electron chi connectivity index (χ0n) is 21.2. The molecule has 0 aliphatic rings. The zero-order valence-corrected chi connectivity index (χ0v) is 21.2. The summed E-state index contributed by atoms with van der Waals surface area (Å²) in [4.78, 5) is 53.3. The van der Waals surface area contributed by atoms with Crippen LogP contribution in [-0.4, -0.2) is 63.6 Å². The third-order valence-electron chi connectivity index (χ3n) is 6.18. The monoisotopic (exact) mass is 523 g/mol. The Bertz CT molecular complexity index is 1290. The normalized spacial score (nSPS) is 13.5. The molecule has 0 aliphatic carbocycles. The first-order chi connectivity index (χ1) is 18.0.